The number of rotatable bonds is 6. The van der Waals surface area contributed by atoms with Crippen molar-refractivity contribution in [3.8, 4) is 0 Å². The molecule has 0 fully saturated rings. The number of hydrogen-bond donors (Lipinski definition) is 1. The molecule has 2 aliphatic rings. The molecule has 8 heteroatoms. The van der Waals surface area contributed by atoms with Crippen LogP contribution in [0.5, 0.6) is 0 Å². The molecule has 0 aliphatic carbocycles. The van der Waals surface area contributed by atoms with Crippen LogP contribution in [-0.4, -0.2) is 40.4 Å². The summed E-state index contributed by atoms with van der Waals surface area (Å²) in [6, 6.07) is 16.3. The molecular formula is C25H25ClN4O2S. The maximum atomic E-state index is 13.5. The number of thioether (sulfide) groups is 1. The molecule has 0 saturated carbocycles. The number of allylic oxidation sites excluding steroid dienone is 1. The Hall–Kier alpha value is -3.03. The van der Waals surface area contributed by atoms with Crippen LogP contribution in [0.2, 0.25) is 5.02 Å². The third-order valence-electron chi connectivity index (χ3n) is 5.67. The van der Waals surface area contributed by atoms with Crippen molar-refractivity contribution in [2.75, 3.05) is 18.9 Å². The minimum atomic E-state index is -0.458. The zero-order valence-electron chi connectivity index (χ0n) is 18.7. The van der Waals surface area contributed by atoms with Crippen molar-refractivity contribution in [2.45, 2.75) is 26.3 Å². The first-order valence-electron chi connectivity index (χ1n) is 10.7. The van der Waals surface area contributed by atoms with Gasteiger partial charge in [-0.1, -0.05) is 53.7 Å². The van der Waals surface area contributed by atoms with Crippen LogP contribution in [-0.2, 0) is 9.59 Å². The molecule has 1 atom stereocenters. The Morgan fingerprint density at radius 3 is 2.64 bits per heavy atom. The minimum Gasteiger partial charge on any atom is -0.346 e. The van der Waals surface area contributed by atoms with E-state index in [9.17, 15) is 9.59 Å². The number of nitrogens with one attached hydrogen (secondary N) is 1. The lowest BCUT2D eigenvalue weighted by atomic mass is 9.93. The van der Waals surface area contributed by atoms with Gasteiger partial charge in [0.25, 0.3) is 5.91 Å². The third kappa shape index (κ3) is 4.84. The summed E-state index contributed by atoms with van der Waals surface area (Å²) >= 11 is 7.80. The number of nitrogens with zero attached hydrogens (tertiary/aromatic N) is 3. The van der Waals surface area contributed by atoms with Gasteiger partial charge < -0.3 is 15.1 Å². The van der Waals surface area contributed by atoms with Gasteiger partial charge in [-0.25, -0.2) is 4.99 Å². The zero-order chi connectivity index (χ0) is 23.5. The number of carbonyl (C=O) groups excluding carboxylic acids is 2. The van der Waals surface area contributed by atoms with Crippen LogP contribution in [0.4, 0.5) is 5.69 Å². The van der Waals surface area contributed by atoms with Crippen LogP contribution in [0.25, 0.3) is 0 Å². The van der Waals surface area contributed by atoms with Gasteiger partial charge >= 0.3 is 0 Å². The number of para-hydroxylation sites is 1. The first kappa shape index (κ1) is 23.1. The fourth-order valence-electron chi connectivity index (χ4n) is 3.84. The highest BCUT2D eigenvalue weighted by molar-refractivity contribution is 8.16. The SMILES string of the molecule is CCN(C)C(=O)CC1=CSC2=NC(C)=C(C(=O)Nc3ccccc3)C(c3cccc(Cl)c3)N12. The van der Waals surface area contributed by atoms with Crippen LogP contribution < -0.4 is 5.32 Å². The lowest BCUT2D eigenvalue weighted by Gasteiger charge is -2.37. The number of aliphatic imine (C=N–C) groups is 1. The van der Waals surface area contributed by atoms with E-state index in [1.165, 1.54) is 11.8 Å². The van der Waals surface area contributed by atoms with Gasteiger partial charge in [-0.2, -0.15) is 0 Å². The highest BCUT2D eigenvalue weighted by Crippen LogP contribution is 2.45. The maximum absolute atomic E-state index is 13.5. The standard InChI is InChI=1S/C25H25ClN4O2S/c1-4-29(3)21(31)14-20-15-33-25-27-16(2)22(24(32)28-19-11-6-5-7-12-19)23(30(20)25)17-9-8-10-18(26)13-17/h5-13,15,23H,4,14H2,1-3H3,(H,28,32). The van der Waals surface area contributed by atoms with Crippen LogP contribution in [0.1, 0.15) is 31.9 Å². The molecule has 4 rings (SSSR count). The predicted molar refractivity (Wildman–Crippen MR) is 135 cm³/mol. The number of amidine groups is 1. The number of anilines is 1. The number of amides is 2. The Bertz CT molecular complexity index is 1180. The van der Waals surface area contributed by atoms with Gasteiger partial charge in [0.05, 0.1) is 23.7 Å². The number of hydrogen-bond acceptors (Lipinski definition) is 5. The molecule has 33 heavy (non-hydrogen) atoms. The monoisotopic (exact) mass is 480 g/mol. The number of benzene rings is 2. The molecular weight excluding hydrogens is 456 g/mol. The summed E-state index contributed by atoms with van der Waals surface area (Å²) in [5, 5.41) is 6.27. The molecule has 2 aromatic carbocycles. The molecule has 0 bridgehead atoms. The first-order chi connectivity index (χ1) is 15.9. The predicted octanol–water partition coefficient (Wildman–Crippen LogP) is 5.42. The van der Waals surface area contributed by atoms with E-state index < -0.39 is 6.04 Å². The molecule has 6 nitrogen and oxygen atoms in total. The van der Waals surface area contributed by atoms with Crippen molar-refractivity contribution < 1.29 is 9.59 Å². The Labute approximate surface area is 203 Å². The van der Waals surface area contributed by atoms with Crippen molar-refractivity contribution in [2.24, 2.45) is 4.99 Å². The van der Waals surface area contributed by atoms with E-state index >= 15 is 0 Å². The van der Waals surface area contributed by atoms with E-state index in [4.69, 9.17) is 16.6 Å². The van der Waals surface area contributed by atoms with Gasteiger partial charge in [0, 0.05) is 30.0 Å². The van der Waals surface area contributed by atoms with Crippen LogP contribution in [0, 0.1) is 0 Å². The van der Waals surface area contributed by atoms with E-state index in [0.29, 0.717) is 28.5 Å². The Morgan fingerprint density at radius 2 is 1.94 bits per heavy atom. The van der Waals surface area contributed by atoms with Crippen molar-refractivity contribution in [1.29, 1.82) is 0 Å². The van der Waals surface area contributed by atoms with Crippen LogP contribution in [0.3, 0.4) is 0 Å². The topological polar surface area (TPSA) is 65.0 Å². The van der Waals surface area contributed by atoms with Crippen LogP contribution >= 0.6 is 23.4 Å². The first-order valence-corrected chi connectivity index (χ1v) is 11.9. The lowest BCUT2D eigenvalue weighted by molar-refractivity contribution is -0.129. The van der Waals surface area contributed by atoms with E-state index in [-0.39, 0.29) is 18.2 Å². The summed E-state index contributed by atoms with van der Waals surface area (Å²) in [5.41, 5.74) is 3.53. The molecule has 1 unspecified atom stereocenters. The third-order valence-corrected chi connectivity index (χ3v) is 6.80. The van der Waals surface area contributed by atoms with Gasteiger partial charge in [-0.05, 0) is 49.1 Å². The molecule has 0 aromatic heterocycles. The molecule has 2 amide bonds. The molecule has 170 valence electrons. The smallest absolute Gasteiger partial charge is 0.255 e. The maximum Gasteiger partial charge on any atom is 0.255 e. The summed E-state index contributed by atoms with van der Waals surface area (Å²) in [6.45, 7) is 4.41. The van der Waals surface area contributed by atoms with Crippen molar-refractivity contribution in [1.82, 2.24) is 9.80 Å². The Kier molecular flexibility index (Phi) is 6.91. The highest BCUT2D eigenvalue weighted by Gasteiger charge is 2.40. The van der Waals surface area contributed by atoms with Crippen molar-refractivity contribution in [3.05, 3.63) is 87.6 Å². The molecule has 2 aromatic rings. The fourth-order valence-corrected chi connectivity index (χ4v) is 5.00. The molecule has 0 saturated heterocycles. The number of fused-ring (bicyclic) bond motifs is 1. The second-order valence-corrected chi connectivity index (χ2v) is 9.13. The molecule has 0 spiro atoms. The summed E-state index contributed by atoms with van der Waals surface area (Å²) in [7, 11) is 1.79. The zero-order valence-corrected chi connectivity index (χ0v) is 20.3. The summed E-state index contributed by atoms with van der Waals surface area (Å²) in [6.07, 6.45) is 0.222. The average Bonchev–Trinajstić information content (AvgIpc) is 3.19. The van der Waals surface area contributed by atoms with Gasteiger partial charge in [0.15, 0.2) is 5.17 Å². The quantitative estimate of drug-likeness (QED) is 0.599. The summed E-state index contributed by atoms with van der Waals surface area (Å²) in [4.78, 5) is 34.6. The average molecular weight is 481 g/mol. The lowest BCUT2D eigenvalue weighted by Crippen LogP contribution is -2.39. The van der Waals surface area contributed by atoms with Gasteiger partial charge in [-0.15, -0.1) is 0 Å². The number of halogens is 1. The van der Waals surface area contributed by atoms with E-state index in [1.54, 1.807) is 18.0 Å². The number of carbonyl (C=O) groups is 2. The van der Waals surface area contributed by atoms with E-state index in [0.717, 1.165) is 16.4 Å². The Balaban J connectivity index is 1.75. The molecule has 1 N–H and O–H groups in total. The second-order valence-electron chi connectivity index (χ2n) is 7.85. The normalized spacial score (nSPS) is 17.3. The molecule has 2 aliphatic heterocycles. The molecule has 2 heterocycles. The van der Waals surface area contributed by atoms with Gasteiger partial charge in [-0.3, -0.25) is 9.59 Å². The van der Waals surface area contributed by atoms with Crippen molar-refractivity contribution >= 4 is 46.0 Å². The van der Waals surface area contributed by atoms with Crippen molar-refractivity contribution in [3.63, 3.8) is 0 Å². The summed E-state index contributed by atoms with van der Waals surface area (Å²) in [5.74, 6) is -0.225. The second kappa shape index (κ2) is 9.85. The largest absolute Gasteiger partial charge is 0.346 e. The van der Waals surface area contributed by atoms with E-state index in [2.05, 4.69) is 5.32 Å². The highest BCUT2D eigenvalue weighted by atomic mass is 35.5. The van der Waals surface area contributed by atoms with Gasteiger partial charge in [0.2, 0.25) is 5.91 Å². The minimum absolute atomic E-state index is 0.0111. The fraction of sp³-hybridized carbons (Fsp3) is 0.240. The van der Waals surface area contributed by atoms with Crippen LogP contribution in [0.15, 0.2) is 82.0 Å². The summed E-state index contributed by atoms with van der Waals surface area (Å²) < 4.78 is 0. The van der Waals surface area contributed by atoms with E-state index in [1.807, 2.05) is 72.7 Å². The molecule has 0 radical (unpaired) electrons. The van der Waals surface area contributed by atoms with Gasteiger partial charge in [0.1, 0.15) is 0 Å². The Morgan fingerprint density at radius 1 is 1.18 bits per heavy atom.